The SMILES string of the molecule is O=C(C(=O)N1CCN(C(=O)c2ccccc2)CC1)c1cc2ccccc2[nH]1. The molecule has 1 N–H and O–H groups in total. The lowest BCUT2D eigenvalue weighted by Gasteiger charge is -2.34. The number of amides is 2. The van der Waals surface area contributed by atoms with Crippen LogP contribution in [0.1, 0.15) is 20.8 Å². The van der Waals surface area contributed by atoms with Crippen LogP contribution in [0.15, 0.2) is 60.7 Å². The third kappa shape index (κ3) is 3.33. The van der Waals surface area contributed by atoms with Gasteiger partial charge in [-0.1, -0.05) is 36.4 Å². The largest absolute Gasteiger partial charge is 0.352 e. The molecule has 1 aliphatic heterocycles. The predicted molar refractivity (Wildman–Crippen MR) is 102 cm³/mol. The average Bonchev–Trinajstić information content (AvgIpc) is 3.17. The van der Waals surface area contributed by atoms with Crippen molar-refractivity contribution in [2.24, 2.45) is 0 Å². The Bertz CT molecular complexity index is 969. The number of hydrogen-bond donors (Lipinski definition) is 1. The van der Waals surface area contributed by atoms with E-state index in [1.165, 1.54) is 4.90 Å². The third-order valence-corrected chi connectivity index (χ3v) is 4.84. The molecule has 1 aliphatic rings. The molecule has 6 heteroatoms. The summed E-state index contributed by atoms with van der Waals surface area (Å²) in [5.41, 5.74) is 1.75. The van der Waals surface area contributed by atoms with Crippen LogP contribution in [0, 0.1) is 0 Å². The Hall–Kier alpha value is -3.41. The molecule has 6 nitrogen and oxygen atoms in total. The summed E-state index contributed by atoms with van der Waals surface area (Å²) in [5, 5.41) is 0.895. The molecule has 27 heavy (non-hydrogen) atoms. The number of nitrogens with zero attached hydrogens (tertiary/aromatic N) is 2. The molecule has 0 bridgehead atoms. The van der Waals surface area contributed by atoms with Gasteiger partial charge in [-0.05, 0) is 24.3 Å². The van der Waals surface area contributed by atoms with E-state index in [1.54, 1.807) is 23.1 Å². The minimum Gasteiger partial charge on any atom is -0.352 e. The first kappa shape index (κ1) is 17.0. The fourth-order valence-electron chi connectivity index (χ4n) is 3.33. The van der Waals surface area contributed by atoms with Gasteiger partial charge in [0.15, 0.2) is 0 Å². The van der Waals surface area contributed by atoms with E-state index < -0.39 is 11.7 Å². The van der Waals surface area contributed by atoms with Gasteiger partial charge >= 0.3 is 0 Å². The molecule has 3 aromatic rings. The Morgan fingerprint density at radius 2 is 1.41 bits per heavy atom. The second kappa shape index (κ2) is 7.07. The molecule has 0 spiro atoms. The summed E-state index contributed by atoms with van der Waals surface area (Å²) in [4.78, 5) is 43.8. The fraction of sp³-hybridized carbons (Fsp3) is 0.190. The molecule has 4 rings (SSSR count). The van der Waals surface area contributed by atoms with Crippen LogP contribution < -0.4 is 0 Å². The third-order valence-electron chi connectivity index (χ3n) is 4.84. The van der Waals surface area contributed by atoms with Crippen LogP contribution >= 0.6 is 0 Å². The Kier molecular flexibility index (Phi) is 4.46. The number of para-hydroxylation sites is 1. The molecule has 0 aliphatic carbocycles. The Balaban J connectivity index is 1.41. The first-order valence-electron chi connectivity index (χ1n) is 8.89. The molecule has 2 heterocycles. The van der Waals surface area contributed by atoms with E-state index >= 15 is 0 Å². The van der Waals surface area contributed by atoms with E-state index in [4.69, 9.17) is 0 Å². The maximum absolute atomic E-state index is 12.6. The minimum atomic E-state index is -0.547. The van der Waals surface area contributed by atoms with E-state index in [2.05, 4.69) is 4.98 Å². The number of rotatable bonds is 3. The van der Waals surface area contributed by atoms with Crippen LogP contribution in [-0.4, -0.2) is 58.6 Å². The van der Waals surface area contributed by atoms with Crippen molar-refractivity contribution in [1.29, 1.82) is 0 Å². The van der Waals surface area contributed by atoms with Crippen LogP contribution in [0.3, 0.4) is 0 Å². The van der Waals surface area contributed by atoms with Gasteiger partial charge < -0.3 is 14.8 Å². The summed E-state index contributed by atoms with van der Waals surface area (Å²) in [6.45, 7) is 1.53. The second-order valence-electron chi connectivity index (χ2n) is 6.55. The quantitative estimate of drug-likeness (QED) is 0.575. The zero-order valence-electron chi connectivity index (χ0n) is 14.7. The van der Waals surface area contributed by atoms with Crippen LogP contribution in [0.5, 0.6) is 0 Å². The Morgan fingerprint density at radius 3 is 2.11 bits per heavy atom. The number of ketones is 1. The van der Waals surface area contributed by atoms with Crippen molar-refractivity contribution < 1.29 is 14.4 Å². The standard InChI is InChI=1S/C21H19N3O3/c25-19(18-14-16-8-4-5-9-17(16)22-18)21(27)24-12-10-23(11-13-24)20(26)15-6-2-1-3-7-15/h1-9,14,22H,10-13H2. The van der Waals surface area contributed by atoms with Crippen molar-refractivity contribution in [3.63, 3.8) is 0 Å². The van der Waals surface area contributed by atoms with Gasteiger partial charge in [0, 0.05) is 42.6 Å². The van der Waals surface area contributed by atoms with Gasteiger partial charge in [0.05, 0.1) is 5.69 Å². The molecule has 1 saturated heterocycles. The monoisotopic (exact) mass is 361 g/mol. The number of benzene rings is 2. The number of H-pyrrole nitrogens is 1. The van der Waals surface area contributed by atoms with Gasteiger partial charge in [-0.3, -0.25) is 14.4 Å². The molecular weight excluding hydrogens is 342 g/mol. The van der Waals surface area contributed by atoms with E-state index in [9.17, 15) is 14.4 Å². The summed E-state index contributed by atoms with van der Waals surface area (Å²) < 4.78 is 0. The highest BCUT2D eigenvalue weighted by Crippen LogP contribution is 2.16. The van der Waals surface area contributed by atoms with Gasteiger partial charge in [0.1, 0.15) is 0 Å². The molecule has 136 valence electrons. The van der Waals surface area contributed by atoms with Crippen LogP contribution in [0.4, 0.5) is 0 Å². The van der Waals surface area contributed by atoms with Crippen molar-refractivity contribution in [1.82, 2.24) is 14.8 Å². The van der Waals surface area contributed by atoms with Crippen molar-refractivity contribution in [2.75, 3.05) is 26.2 Å². The highest BCUT2D eigenvalue weighted by atomic mass is 16.2. The van der Waals surface area contributed by atoms with Crippen molar-refractivity contribution in [3.05, 3.63) is 71.9 Å². The topological polar surface area (TPSA) is 73.5 Å². The number of fused-ring (bicyclic) bond motifs is 1. The molecular formula is C21H19N3O3. The molecule has 0 atom stereocenters. The van der Waals surface area contributed by atoms with Gasteiger partial charge in [0.25, 0.3) is 17.6 Å². The van der Waals surface area contributed by atoms with Crippen molar-refractivity contribution in [3.8, 4) is 0 Å². The summed E-state index contributed by atoms with van der Waals surface area (Å²) in [6, 6.07) is 18.3. The number of nitrogens with one attached hydrogen (secondary N) is 1. The summed E-state index contributed by atoms with van der Waals surface area (Å²) in [6.07, 6.45) is 0. The first-order valence-corrected chi connectivity index (χ1v) is 8.89. The van der Waals surface area contributed by atoms with E-state index in [-0.39, 0.29) is 5.91 Å². The van der Waals surface area contributed by atoms with E-state index in [0.29, 0.717) is 37.4 Å². The van der Waals surface area contributed by atoms with Gasteiger partial charge in [0.2, 0.25) is 0 Å². The number of aromatic amines is 1. The predicted octanol–water partition coefficient (Wildman–Crippen LogP) is 2.34. The molecule has 2 aromatic carbocycles. The Labute approximate surface area is 156 Å². The lowest BCUT2D eigenvalue weighted by atomic mass is 10.1. The van der Waals surface area contributed by atoms with Crippen molar-refractivity contribution >= 4 is 28.5 Å². The molecule has 0 unspecified atom stereocenters. The number of carbonyl (C=O) groups is 3. The zero-order valence-corrected chi connectivity index (χ0v) is 14.7. The Morgan fingerprint density at radius 1 is 0.778 bits per heavy atom. The molecule has 2 amide bonds. The number of carbonyl (C=O) groups excluding carboxylic acids is 3. The number of Topliss-reactive ketones (excluding diaryl/α,β-unsaturated/α-hetero) is 1. The fourth-order valence-corrected chi connectivity index (χ4v) is 3.33. The van der Waals surface area contributed by atoms with Gasteiger partial charge in [-0.25, -0.2) is 0 Å². The van der Waals surface area contributed by atoms with Gasteiger partial charge in [-0.15, -0.1) is 0 Å². The lowest BCUT2D eigenvalue weighted by Crippen LogP contribution is -2.52. The summed E-state index contributed by atoms with van der Waals surface area (Å²) >= 11 is 0. The highest BCUT2D eigenvalue weighted by Gasteiger charge is 2.29. The number of piperazine rings is 1. The average molecular weight is 361 g/mol. The summed E-state index contributed by atoms with van der Waals surface area (Å²) in [7, 11) is 0. The van der Waals surface area contributed by atoms with Crippen molar-refractivity contribution in [2.45, 2.75) is 0 Å². The molecule has 1 fully saturated rings. The van der Waals surface area contributed by atoms with E-state index in [1.807, 2.05) is 42.5 Å². The maximum atomic E-state index is 12.6. The van der Waals surface area contributed by atoms with E-state index in [0.717, 1.165) is 10.9 Å². The highest BCUT2D eigenvalue weighted by molar-refractivity contribution is 6.42. The molecule has 0 radical (unpaired) electrons. The number of aromatic nitrogens is 1. The lowest BCUT2D eigenvalue weighted by molar-refractivity contribution is -0.127. The number of hydrogen-bond acceptors (Lipinski definition) is 3. The smallest absolute Gasteiger partial charge is 0.296 e. The minimum absolute atomic E-state index is 0.0513. The molecule has 0 saturated carbocycles. The first-order chi connectivity index (χ1) is 13.1. The van der Waals surface area contributed by atoms with Crippen LogP contribution in [0.2, 0.25) is 0 Å². The maximum Gasteiger partial charge on any atom is 0.296 e. The van der Waals surface area contributed by atoms with Crippen LogP contribution in [-0.2, 0) is 4.79 Å². The normalized spacial score (nSPS) is 14.4. The zero-order chi connectivity index (χ0) is 18.8. The second-order valence-corrected chi connectivity index (χ2v) is 6.55. The van der Waals surface area contributed by atoms with Crippen LogP contribution in [0.25, 0.3) is 10.9 Å². The summed E-state index contributed by atoms with van der Waals surface area (Å²) in [5.74, 6) is -1.13. The molecule has 1 aromatic heterocycles. The van der Waals surface area contributed by atoms with Gasteiger partial charge in [-0.2, -0.15) is 0 Å².